The van der Waals surface area contributed by atoms with Crippen molar-refractivity contribution in [3.8, 4) is 0 Å². The number of hydrogen-bond donors (Lipinski definition) is 1. The zero-order valence-electron chi connectivity index (χ0n) is 13.6. The van der Waals surface area contributed by atoms with Gasteiger partial charge in [0.25, 0.3) is 5.69 Å². The monoisotopic (exact) mass is 374 g/mol. The van der Waals surface area contributed by atoms with Gasteiger partial charge in [0.1, 0.15) is 5.69 Å². The molecule has 1 aromatic carbocycles. The Morgan fingerprint density at radius 1 is 1.32 bits per heavy atom. The molecule has 136 valence electrons. The van der Waals surface area contributed by atoms with Gasteiger partial charge >= 0.3 is 5.76 Å². The fourth-order valence-electron chi connectivity index (χ4n) is 1.96. The lowest BCUT2D eigenvalue weighted by Crippen LogP contribution is -2.21. The SMILES string of the molecule is CC(C)(C)n1cc(Nc2ccc(S(=O)(=O)C(F)F)cc2[N+](=O)[O-])cn1. The lowest BCUT2D eigenvalue weighted by Gasteiger charge is -2.18. The van der Waals surface area contributed by atoms with Crippen molar-refractivity contribution in [1.82, 2.24) is 9.78 Å². The summed E-state index contributed by atoms with van der Waals surface area (Å²) in [5, 5.41) is 18.1. The van der Waals surface area contributed by atoms with Gasteiger partial charge in [-0.3, -0.25) is 14.8 Å². The first-order valence-corrected chi connectivity index (χ1v) is 8.60. The van der Waals surface area contributed by atoms with E-state index in [1.165, 1.54) is 6.20 Å². The van der Waals surface area contributed by atoms with E-state index in [0.29, 0.717) is 11.8 Å². The van der Waals surface area contributed by atoms with Crippen molar-refractivity contribution in [3.05, 3.63) is 40.7 Å². The van der Waals surface area contributed by atoms with Crippen LogP contribution < -0.4 is 5.32 Å². The number of nitrogens with one attached hydrogen (secondary N) is 1. The van der Waals surface area contributed by atoms with Crippen LogP contribution in [-0.4, -0.2) is 28.9 Å². The molecule has 2 aromatic rings. The molecule has 0 spiro atoms. The summed E-state index contributed by atoms with van der Waals surface area (Å²) < 4.78 is 49.8. The Morgan fingerprint density at radius 3 is 2.44 bits per heavy atom. The molecule has 0 saturated carbocycles. The fourth-order valence-corrected chi connectivity index (χ4v) is 2.70. The van der Waals surface area contributed by atoms with Gasteiger partial charge in [-0.15, -0.1) is 0 Å². The van der Waals surface area contributed by atoms with Crippen LogP contribution in [-0.2, 0) is 15.4 Å². The van der Waals surface area contributed by atoms with E-state index in [0.717, 1.165) is 12.1 Å². The quantitative estimate of drug-likeness (QED) is 0.636. The van der Waals surface area contributed by atoms with Gasteiger partial charge in [-0.05, 0) is 32.9 Å². The van der Waals surface area contributed by atoms with Gasteiger partial charge in [0.2, 0.25) is 9.84 Å². The minimum absolute atomic E-state index is 0.0355. The van der Waals surface area contributed by atoms with Crippen molar-refractivity contribution >= 4 is 26.9 Å². The summed E-state index contributed by atoms with van der Waals surface area (Å²) in [4.78, 5) is 9.53. The zero-order valence-corrected chi connectivity index (χ0v) is 14.4. The summed E-state index contributed by atoms with van der Waals surface area (Å²) in [6.45, 7) is 5.74. The van der Waals surface area contributed by atoms with Crippen molar-refractivity contribution in [2.45, 2.75) is 37.0 Å². The van der Waals surface area contributed by atoms with E-state index < -0.39 is 31.1 Å². The van der Waals surface area contributed by atoms with Gasteiger partial charge in [0, 0.05) is 12.3 Å². The number of alkyl halides is 2. The van der Waals surface area contributed by atoms with Gasteiger partial charge < -0.3 is 5.32 Å². The summed E-state index contributed by atoms with van der Waals surface area (Å²) in [6.07, 6.45) is 3.06. The molecule has 0 atom stereocenters. The Labute approximate surface area is 142 Å². The van der Waals surface area contributed by atoms with Gasteiger partial charge in [-0.25, -0.2) is 8.42 Å². The van der Waals surface area contributed by atoms with Crippen LogP contribution in [0.3, 0.4) is 0 Å². The molecule has 0 aliphatic rings. The smallest absolute Gasteiger partial charge is 0.341 e. The van der Waals surface area contributed by atoms with E-state index in [1.54, 1.807) is 10.9 Å². The normalized spacial score (nSPS) is 12.4. The molecule has 0 unspecified atom stereocenters. The van der Waals surface area contributed by atoms with E-state index >= 15 is 0 Å². The second-order valence-electron chi connectivity index (χ2n) is 6.21. The van der Waals surface area contributed by atoms with E-state index in [4.69, 9.17) is 0 Å². The lowest BCUT2D eigenvalue weighted by molar-refractivity contribution is -0.384. The molecule has 0 fully saturated rings. The fraction of sp³-hybridized carbons (Fsp3) is 0.357. The predicted octanol–water partition coefficient (Wildman–Crippen LogP) is 3.29. The molecule has 2 rings (SSSR count). The van der Waals surface area contributed by atoms with Gasteiger partial charge in [-0.1, -0.05) is 0 Å². The second-order valence-corrected chi connectivity index (χ2v) is 8.13. The van der Waals surface area contributed by atoms with Crippen molar-refractivity contribution in [3.63, 3.8) is 0 Å². The van der Waals surface area contributed by atoms with E-state index in [2.05, 4.69) is 10.4 Å². The largest absolute Gasteiger partial charge is 0.347 e. The maximum absolute atomic E-state index is 12.6. The van der Waals surface area contributed by atoms with Crippen molar-refractivity contribution < 1.29 is 22.1 Å². The Hall–Kier alpha value is -2.56. The van der Waals surface area contributed by atoms with Crippen LogP contribution in [0.2, 0.25) is 0 Å². The van der Waals surface area contributed by atoms with Crippen LogP contribution >= 0.6 is 0 Å². The number of sulfone groups is 1. The molecule has 0 radical (unpaired) electrons. The molecule has 0 saturated heterocycles. The zero-order chi connectivity index (χ0) is 19.0. The Kier molecular flexibility index (Phi) is 4.80. The molecular formula is C14H16F2N4O4S. The molecule has 8 nitrogen and oxygen atoms in total. The molecule has 1 N–H and O–H groups in total. The molecule has 1 aromatic heterocycles. The van der Waals surface area contributed by atoms with Gasteiger partial charge in [0.05, 0.1) is 27.2 Å². The van der Waals surface area contributed by atoms with Crippen LogP contribution in [0.4, 0.5) is 25.8 Å². The van der Waals surface area contributed by atoms with Crippen LogP contribution in [0, 0.1) is 10.1 Å². The van der Waals surface area contributed by atoms with Gasteiger partial charge in [0.15, 0.2) is 0 Å². The number of aromatic nitrogens is 2. The first-order valence-electron chi connectivity index (χ1n) is 7.05. The molecule has 0 aliphatic heterocycles. The van der Waals surface area contributed by atoms with Crippen molar-refractivity contribution in [2.24, 2.45) is 0 Å². The first-order chi connectivity index (χ1) is 11.4. The Morgan fingerprint density at radius 2 is 1.96 bits per heavy atom. The molecule has 25 heavy (non-hydrogen) atoms. The average molecular weight is 374 g/mol. The maximum atomic E-state index is 12.6. The number of nitrogens with zero attached hydrogens (tertiary/aromatic N) is 3. The van der Waals surface area contributed by atoms with Crippen molar-refractivity contribution in [1.29, 1.82) is 0 Å². The summed E-state index contributed by atoms with van der Waals surface area (Å²) in [5.74, 6) is -3.66. The van der Waals surface area contributed by atoms with Gasteiger partial charge in [-0.2, -0.15) is 13.9 Å². The molecule has 1 heterocycles. The maximum Gasteiger partial charge on any atom is 0.341 e. The predicted molar refractivity (Wildman–Crippen MR) is 86.8 cm³/mol. The molecule has 0 bridgehead atoms. The number of benzene rings is 1. The highest BCUT2D eigenvalue weighted by atomic mass is 32.2. The number of anilines is 2. The molecular weight excluding hydrogens is 358 g/mol. The highest BCUT2D eigenvalue weighted by Gasteiger charge is 2.29. The van der Waals surface area contributed by atoms with E-state index in [-0.39, 0.29) is 11.2 Å². The lowest BCUT2D eigenvalue weighted by atomic mass is 10.1. The van der Waals surface area contributed by atoms with Crippen LogP contribution in [0.15, 0.2) is 35.5 Å². The molecule has 0 amide bonds. The number of halogens is 2. The first kappa shape index (κ1) is 18.8. The molecule has 11 heteroatoms. The van der Waals surface area contributed by atoms with Crippen LogP contribution in [0.25, 0.3) is 0 Å². The second kappa shape index (κ2) is 6.39. The highest BCUT2D eigenvalue weighted by molar-refractivity contribution is 7.91. The summed E-state index contributed by atoms with van der Waals surface area (Å²) in [5.41, 5.74) is -0.541. The number of rotatable bonds is 5. The summed E-state index contributed by atoms with van der Waals surface area (Å²) >= 11 is 0. The number of nitro benzene ring substituents is 1. The van der Waals surface area contributed by atoms with E-state index in [9.17, 15) is 27.3 Å². The summed E-state index contributed by atoms with van der Waals surface area (Å²) in [7, 11) is -4.92. The minimum Gasteiger partial charge on any atom is -0.347 e. The molecule has 0 aliphatic carbocycles. The third-order valence-electron chi connectivity index (χ3n) is 3.28. The van der Waals surface area contributed by atoms with Crippen molar-refractivity contribution in [2.75, 3.05) is 5.32 Å². The minimum atomic E-state index is -4.92. The summed E-state index contributed by atoms with van der Waals surface area (Å²) in [6, 6.07) is 2.57. The highest BCUT2D eigenvalue weighted by Crippen LogP contribution is 2.32. The number of nitro groups is 1. The topological polar surface area (TPSA) is 107 Å². The average Bonchev–Trinajstić information content (AvgIpc) is 2.95. The van der Waals surface area contributed by atoms with E-state index in [1.807, 2.05) is 20.8 Å². The van der Waals surface area contributed by atoms with Crippen LogP contribution in [0.1, 0.15) is 20.8 Å². The van der Waals surface area contributed by atoms with Crippen LogP contribution in [0.5, 0.6) is 0 Å². The Bertz CT molecular complexity index is 904. The standard InChI is InChI=1S/C14H16F2N4O4S/c1-14(2,3)19-8-9(7-17-19)18-11-5-4-10(6-12(11)20(21)22)25(23,24)13(15)16/h4-8,13,18H,1-3H3. The number of hydrogen-bond acceptors (Lipinski definition) is 6. The Balaban J connectivity index is 2.42. The third kappa shape index (κ3) is 3.92. The third-order valence-corrected chi connectivity index (χ3v) is 4.66.